The lowest BCUT2D eigenvalue weighted by molar-refractivity contribution is -0.143. The lowest BCUT2D eigenvalue weighted by Crippen LogP contribution is -2.48. The number of hydrogen-bond donors (Lipinski definition) is 2. The van der Waals surface area contributed by atoms with Gasteiger partial charge in [-0.15, -0.1) is 0 Å². The van der Waals surface area contributed by atoms with Crippen molar-refractivity contribution in [3.8, 4) is 0 Å². The molecule has 0 aliphatic heterocycles. The van der Waals surface area contributed by atoms with Crippen molar-refractivity contribution in [3.05, 3.63) is 35.4 Å². The topological polar surface area (TPSA) is 67.4 Å². The zero-order valence-electron chi connectivity index (χ0n) is 14.1. The molecule has 0 radical (unpaired) electrons. The fourth-order valence-corrected chi connectivity index (χ4v) is 3.09. The summed E-state index contributed by atoms with van der Waals surface area (Å²) in [5, 5.41) is 5.75. The van der Waals surface area contributed by atoms with Crippen molar-refractivity contribution >= 4 is 12.0 Å². The van der Waals surface area contributed by atoms with E-state index < -0.39 is 12.0 Å². The van der Waals surface area contributed by atoms with Crippen LogP contribution in [0, 0.1) is 5.92 Å². The number of carbonyl (C=O) groups excluding carboxylic acids is 2. The van der Waals surface area contributed by atoms with E-state index in [2.05, 4.69) is 22.8 Å². The van der Waals surface area contributed by atoms with E-state index in [1.807, 2.05) is 26.0 Å². The van der Waals surface area contributed by atoms with Gasteiger partial charge in [0.25, 0.3) is 0 Å². The summed E-state index contributed by atoms with van der Waals surface area (Å²) < 4.78 is 4.78. The molecule has 0 saturated carbocycles. The molecule has 126 valence electrons. The van der Waals surface area contributed by atoms with Gasteiger partial charge >= 0.3 is 12.0 Å². The van der Waals surface area contributed by atoms with Gasteiger partial charge in [-0.05, 0) is 42.7 Å². The van der Waals surface area contributed by atoms with E-state index in [9.17, 15) is 9.59 Å². The molecule has 1 aliphatic carbocycles. The Kier molecular flexibility index (Phi) is 6.02. The summed E-state index contributed by atoms with van der Waals surface area (Å²) in [6.07, 6.45) is 3.57. The fraction of sp³-hybridized carbons (Fsp3) is 0.556. The third-order valence-electron chi connectivity index (χ3n) is 4.17. The maximum Gasteiger partial charge on any atom is 0.328 e. The van der Waals surface area contributed by atoms with Gasteiger partial charge < -0.3 is 15.4 Å². The van der Waals surface area contributed by atoms with Crippen LogP contribution in [0.3, 0.4) is 0 Å². The summed E-state index contributed by atoms with van der Waals surface area (Å²) >= 11 is 0. The molecule has 0 heterocycles. The molecule has 2 N–H and O–H groups in total. The summed E-state index contributed by atoms with van der Waals surface area (Å²) in [4.78, 5) is 24.1. The minimum Gasteiger partial charge on any atom is -0.467 e. The summed E-state index contributed by atoms with van der Waals surface area (Å²) in [5.41, 5.74) is 2.46. The van der Waals surface area contributed by atoms with Crippen LogP contribution in [0.1, 0.15) is 50.3 Å². The average molecular weight is 318 g/mol. The first-order valence-electron chi connectivity index (χ1n) is 8.24. The Morgan fingerprint density at radius 2 is 2.04 bits per heavy atom. The highest BCUT2D eigenvalue weighted by atomic mass is 16.5. The van der Waals surface area contributed by atoms with E-state index in [4.69, 9.17) is 4.74 Å². The van der Waals surface area contributed by atoms with Crippen LogP contribution in [0.5, 0.6) is 0 Å². The largest absolute Gasteiger partial charge is 0.467 e. The molecule has 0 fully saturated rings. The minimum absolute atomic E-state index is 0.00250. The normalized spacial score (nSPS) is 18.0. The average Bonchev–Trinajstić information content (AvgIpc) is 2.53. The highest BCUT2D eigenvalue weighted by Crippen LogP contribution is 2.29. The monoisotopic (exact) mass is 318 g/mol. The van der Waals surface area contributed by atoms with E-state index in [1.54, 1.807) is 0 Å². The Morgan fingerprint density at radius 1 is 1.30 bits per heavy atom. The molecule has 0 aromatic heterocycles. The van der Waals surface area contributed by atoms with Crippen LogP contribution in [-0.2, 0) is 16.0 Å². The van der Waals surface area contributed by atoms with Crippen molar-refractivity contribution in [2.45, 2.75) is 51.6 Å². The first kappa shape index (κ1) is 17.3. The Labute approximate surface area is 137 Å². The predicted molar refractivity (Wildman–Crippen MR) is 89.0 cm³/mol. The van der Waals surface area contributed by atoms with Gasteiger partial charge in [-0.2, -0.15) is 0 Å². The summed E-state index contributed by atoms with van der Waals surface area (Å²) in [7, 11) is 1.34. The molecule has 0 spiro atoms. The molecular formula is C18H26N2O3. The van der Waals surface area contributed by atoms with Crippen LogP contribution < -0.4 is 10.6 Å². The molecule has 2 rings (SSSR count). The molecule has 1 aromatic carbocycles. The molecule has 23 heavy (non-hydrogen) atoms. The molecule has 2 amide bonds. The molecule has 1 aromatic rings. The van der Waals surface area contributed by atoms with Gasteiger partial charge in [-0.3, -0.25) is 0 Å². The zero-order valence-corrected chi connectivity index (χ0v) is 14.1. The second kappa shape index (κ2) is 7.99. The predicted octanol–water partition coefficient (Wildman–Crippen LogP) is 2.95. The Morgan fingerprint density at radius 3 is 2.74 bits per heavy atom. The number of aryl methyl sites for hydroxylation is 1. The van der Waals surface area contributed by atoms with Crippen molar-refractivity contribution in [1.82, 2.24) is 10.6 Å². The number of methoxy groups -OCH3 is 1. The van der Waals surface area contributed by atoms with E-state index in [1.165, 1.54) is 18.2 Å². The second-order valence-corrected chi connectivity index (χ2v) is 6.47. The smallest absolute Gasteiger partial charge is 0.328 e. The number of esters is 1. The summed E-state index contributed by atoms with van der Waals surface area (Å²) in [6.45, 7) is 4.01. The third-order valence-corrected chi connectivity index (χ3v) is 4.17. The molecule has 5 nitrogen and oxygen atoms in total. The molecule has 1 aliphatic rings. The number of carbonyl (C=O) groups is 2. The van der Waals surface area contributed by atoms with Crippen molar-refractivity contribution in [2.24, 2.45) is 5.92 Å². The Hall–Kier alpha value is -2.04. The van der Waals surface area contributed by atoms with Gasteiger partial charge in [0.1, 0.15) is 6.04 Å². The molecule has 0 saturated heterocycles. The SMILES string of the molecule is COC(=O)[C@@H](CC(C)C)NC(=O)N[C@@H]1CCCc2ccccc21. The van der Waals surface area contributed by atoms with E-state index in [0.29, 0.717) is 6.42 Å². The van der Waals surface area contributed by atoms with Crippen molar-refractivity contribution in [3.63, 3.8) is 0 Å². The first-order valence-corrected chi connectivity index (χ1v) is 8.24. The van der Waals surface area contributed by atoms with Crippen molar-refractivity contribution < 1.29 is 14.3 Å². The number of benzene rings is 1. The Balaban J connectivity index is 2.00. The quantitative estimate of drug-likeness (QED) is 0.820. The van der Waals surface area contributed by atoms with Gasteiger partial charge in [0, 0.05) is 0 Å². The maximum atomic E-state index is 12.3. The zero-order chi connectivity index (χ0) is 16.8. The van der Waals surface area contributed by atoms with E-state index >= 15 is 0 Å². The second-order valence-electron chi connectivity index (χ2n) is 6.47. The van der Waals surface area contributed by atoms with Crippen molar-refractivity contribution in [1.29, 1.82) is 0 Å². The maximum absolute atomic E-state index is 12.3. The molecule has 5 heteroatoms. The standard InChI is InChI=1S/C18H26N2O3/c1-12(2)11-16(17(21)23-3)20-18(22)19-15-10-6-8-13-7-4-5-9-14(13)15/h4-5,7,9,12,15-16H,6,8,10-11H2,1-3H3,(H2,19,20,22)/t15-,16-/m1/s1. The fourth-order valence-electron chi connectivity index (χ4n) is 3.09. The number of rotatable bonds is 5. The number of fused-ring (bicyclic) bond motifs is 1. The minimum atomic E-state index is -0.612. The third kappa shape index (κ3) is 4.71. The summed E-state index contributed by atoms with van der Waals surface area (Å²) in [5.74, 6) is -0.118. The Bertz CT molecular complexity index is 557. The van der Waals surface area contributed by atoms with E-state index in [0.717, 1.165) is 19.3 Å². The number of hydrogen-bond acceptors (Lipinski definition) is 3. The number of urea groups is 1. The highest BCUT2D eigenvalue weighted by molar-refractivity contribution is 5.83. The van der Waals surface area contributed by atoms with Crippen LogP contribution in [0.25, 0.3) is 0 Å². The summed E-state index contributed by atoms with van der Waals surface area (Å²) in [6, 6.07) is 7.26. The highest BCUT2D eigenvalue weighted by Gasteiger charge is 2.25. The van der Waals surface area contributed by atoms with E-state index in [-0.39, 0.29) is 18.0 Å². The number of ether oxygens (including phenoxy) is 1. The van der Waals surface area contributed by atoms with Gasteiger partial charge in [-0.1, -0.05) is 38.1 Å². The van der Waals surface area contributed by atoms with Gasteiger partial charge in [0.2, 0.25) is 0 Å². The number of amides is 2. The van der Waals surface area contributed by atoms with Crippen LogP contribution >= 0.6 is 0 Å². The molecule has 0 bridgehead atoms. The van der Waals surface area contributed by atoms with Crippen LogP contribution in [0.4, 0.5) is 4.79 Å². The van der Waals surface area contributed by atoms with Gasteiger partial charge in [0.05, 0.1) is 13.2 Å². The molecule has 0 unspecified atom stereocenters. The lowest BCUT2D eigenvalue weighted by atomic mass is 9.88. The van der Waals surface area contributed by atoms with Gasteiger partial charge in [-0.25, -0.2) is 9.59 Å². The van der Waals surface area contributed by atoms with Crippen LogP contribution in [0.15, 0.2) is 24.3 Å². The van der Waals surface area contributed by atoms with Gasteiger partial charge in [0.15, 0.2) is 0 Å². The number of nitrogens with one attached hydrogen (secondary N) is 2. The van der Waals surface area contributed by atoms with Crippen LogP contribution in [0.2, 0.25) is 0 Å². The van der Waals surface area contributed by atoms with Crippen LogP contribution in [-0.4, -0.2) is 25.2 Å². The molecular weight excluding hydrogens is 292 g/mol. The first-order chi connectivity index (χ1) is 11.0. The van der Waals surface area contributed by atoms with Crippen molar-refractivity contribution in [2.75, 3.05) is 7.11 Å². The molecule has 2 atom stereocenters. The lowest BCUT2D eigenvalue weighted by Gasteiger charge is -2.27.